The van der Waals surface area contributed by atoms with Gasteiger partial charge in [0.1, 0.15) is 5.75 Å². The maximum Gasteiger partial charge on any atom is 0.387 e. The molecule has 1 fully saturated rings. The van der Waals surface area contributed by atoms with Crippen molar-refractivity contribution in [2.45, 2.75) is 19.5 Å². The van der Waals surface area contributed by atoms with Crippen LogP contribution in [-0.4, -0.2) is 32.3 Å². The molecule has 1 aliphatic heterocycles. The van der Waals surface area contributed by atoms with Crippen molar-refractivity contribution in [1.82, 2.24) is 0 Å². The van der Waals surface area contributed by atoms with E-state index < -0.39 is 12.0 Å². The smallest absolute Gasteiger partial charge is 0.387 e. The molecular formula is C14H18F2N2O3. The van der Waals surface area contributed by atoms with Gasteiger partial charge in [0.15, 0.2) is 0 Å². The Labute approximate surface area is 121 Å². The standard InChI is InChI=1S/C14H18F2N2O3/c15-13(16)21-11-3-1-10(2-4-11)18-12(19)14(9-17)5-7-20-8-6-14/h1-4,13H,5-9,17H2,(H,18,19). The average molecular weight is 300 g/mol. The number of nitrogens with two attached hydrogens (primary N) is 1. The number of hydrogen-bond acceptors (Lipinski definition) is 4. The van der Waals surface area contributed by atoms with E-state index in [1.54, 1.807) is 0 Å². The van der Waals surface area contributed by atoms with Crippen molar-refractivity contribution in [1.29, 1.82) is 0 Å². The molecule has 116 valence electrons. The molecule has 1 amide bonds. The summed E-state index contributed by atoms with van der Waals surface area (Å²) in [5.41, 5.74) is 5.64. The van der Waals surface area contributed by atoms with Crippen molar-refractivity contribution in [2.24, 2.45) is 11.1 Å². The van der Waals surface area contributed by atoms with E-state index in [0.29, 0.717) is 31.7 Å². The van der Waals surface area contributed by atoms with Gasteiger partial charge in [0.2, 0.25) is 5.91 Å². The van der Waals surface area contributed by atoms with Gasteiger partial charge in [-0.05, 0) is 37.1 Å². The Morgan fingerprint density at radius 2 is 1.95 bits per heavy atom. The van der Waals surface area contributed by atoms with Crippen LogP contribution in [0.1, 0.15) is 12.8 Å². The average Bonchev–Trinajstić information content (AvgIpc) is 2.49. The van der Waals surface area contributed by atoms with Crippen LogP contribution in [0.25, 0.3) is 0 Å². The zero-order valence-corrected chi connectivity index (χ0v) is 11.5. The monoisotopic (exact) mass is 300 g/mol. The second-order valence-corrected chi connectivity index (χ2v) is 4.95. The lowest BCUT2D eigenvalue weighted by Gasteiger charge is -2.34. The first-order valence-electron chi connectivity index (χ1n) is 6.70. The van der Waals surface area contributed by atoms with Crippen LogP contribution in [0.4, 0.5) is 14.5 Å². The first-order valence-corrected chi connectivity index (χ1v) is 6.70. The first kappa shape index (κ1) is 15.7. The zero-order chi connectivity index (χ0) is 15.3. The summed E-state index contributed by atoms with van der Waals surface area (Å²) < 4.78 is 33.6. The Morgan fingerprint density at radius 1 is 1.33 bits per heavy atom. The number of carbonyl (C=O) groups is 1. The summed E-state index contributed by atoms with van der Waals surface area (Å²) in [4.78, 5) is 12.4. The van der Waals surface area contributed by atoms with E-state index in [1.807, 2.05) is 0 Å². The predicted octanol–water partition coefficient (Wildman–Crippen LogP) is 1.98. The Bertz CT molecular complexity index is 474. The number of halogens is 2. The van der Waals surface area contributed by atoms with Gasteiger partial charge in [-0.15, -0.1) is 0 Å². The molecular weight excluding hydrogens is 282 g/mol. The van der Waals surface area contributed by atoms with Crippen LogP contribution in [0, 0.1) is 5.41 Å². The fraction of sp³-hybridized carbons (Fsp3) is 0.500. The second kappa shape index (κ2) is 6.82. The van der Waals surface area contributed by atoms with Crippen molar-refractivity contribution < 1.29 is 23.0 Å². The minimum absolute atomic E-state index is 0.0441. The highest BCUT2D eigenvalue weighted by Gasteiger charge is 2.38. The fourth-order valence-corrected chi connectivity index (χ4v) is 2.27. The number of hydrogen-bond donors (Lipinski definition) is 2. The molecule has 2 rings (SSSR count). The molecule has 1 aliphatic rings. The van der Waals surface area contributed by atoms with Gasteiger partial charge in [-0.1, -0.05) is 0 Å². The lowest BCUT2D eigenvalue weighted by molar-refractivity contribution is -0.130. The van der Waals surface area contributed by atoms with E-state index in [2.05, 4.69) is 10.1 Å². The largest absolute Gasteiger partial charge is 0.435 e. The van der Waals surface area contributed by atoms with Gasteiger partial charge in [0.05, 0.1) is 5.41 Å². The Kier molecular flexibility index (Phi) is 5.08. The number of benzene rings is 1. The van der Waals surface area contributed by atoms with Crippen molar-refractivity contribution in [3.05, 3.63) is 24.3 Å². The molecule has 0 bridgehead atoms. The van der Waals surface area contributed by atoms with Gasteiger partial charge >= 0.3 is 6.61 Å². The molecule has 1 heterocycles. The summed E-state index contributed by atoms with van der Waals surface area (Å²) in [6.45, 7) is -1.61. The number of ether oxygens (including phenoxy) is 2. The lowest BCUT2D eigenvalue weighted by atomic mass is 9.79. The number of rotatable bonds is 5. The van der Waals surface area contributed by atoms with E-state index >= 15 is 0 Å². The minimum Gasteiger partial charge on any atom is -0.435 e. The van der Waals surface area contributed by atoms with Crippen LogP contribution in [0.5, 0.6) is 5.75 Å². The number of nitrogens with one attached hydrogen (secondary N) is 1. The highest BCUT2D eigenvalue weighted by Crippen LogP contribution is 2.31. The summed E-state index contributed by atoms with van der Waals surface area (Å²) in [7, 11) is 0. The minimum atomic E-state index is -2.87. The molecule has 0 radical (unpaired) electrons. The molecule has 7 heteroatoms. The number of carbonyl (C=O) groups excluding carboxylic acids is 1. The van der Waals surface area contributed by atoms with Crippen LogP contribution >= 0.6 is 0 Å². The quantitative estimate of drug-likeness (QED) is 0.872. The van der Waals surface area contributed by atoms with Gasteiger partial charge in [0.25, 0.3) is 0 Å². The number of anilines is 1. The fourth-order valence-electron chi connectivity index (χ4n) is 2.27. The van der Waals surface area contributed by atoms with Crippen LogP contribution < -0.4 is 15.8 Å². The van der Waals surface area contributed by atoms with Crippen LogP contribution in [0.2, 0.25) is 0 Å². The molecule has 0 unspecified atom stereocenters. The topological polar surface area (TPSA) is 73.6 Å². The van der Waals surface area contributed by atoms with Gasteiger partial charge < -0.3 is 20.5 Å². The van der Waals surface area contributed by atoms with E-state index in [1.165, 1.54) is 24.3 Å². The molecule has 1 aromatic rings. The van der Waals surface area contributed by atoms with Crippen molar-refractivity contribution >= 4 is 11.6 Å². The Morgan fingerprint density at radius 3 is 2.48 bits per heavy atom. The third-order valence-electron chi connectivity index (χ3n) is 3.66. The molecule has 21 heavy (non-hydrogen) atoms. The molecule has 0 spiro atoms. The molecule has 0 aliphatic carbocycles. The summed E-state index contributed by atoms with van der Waals surface area (Å²) >= 11 is 0. The third kappa shape index (κ3) is 3.89. The molecule has 3 N–H and O–H groups in total. The van der Waals surface area contributed by atoms with Crippen LogP contribution in [0.15, 0.2) is 24.3 Å². The molecule has 0 aromatic heterocycles. The predicted molar refractivity (Wildman–Crippen MR) is 73.2 cm³/mol. The first-order chi connectivity index (χ1) is 10.1. The summed E-state index contributed by atoms with van der Waals surface area (Å²) in [5.74, 6) is -0.126. The Hall–Kier alpha value is -1.73. The maximum atomic E-state index is 12.4. The number of amides is 1. The molecule has 1 saturated heterocycles. The van der Waals surface area contributed by atoms with Gasteiger partial charge in [-0.25, -0.2) is 0 Å². The molecule has 5 nitrogen and oxygen atoms in total. The van der Waals surface area contributed by atoms with Gasteiger partial charge in [-0.3, -0.25) is 4.79 Å². The lowest BCUT2D eigenvalue weighted by Crippen LogP contribution is -2.46. The van der Waals surface area contributed by atoms with Crippen molar-refractivity contribution in [3.63, 3.8) is 0 Å². The van der Waals surface area contributed by atoms with Crippen LogP contribution in [-0.2, 0) is 9.53 Å². The zero-order valence-electron chi connectivity index (χ0n) is 11.5. The highest BCUT2D eigenvalue weighted by molar-refractivity contribution is 5.95. The van der Waals surface area contributed by atoms with E-state index in [0.717, 1.165) is 0 Å². The second-order valence-electron chi connectivity index (χ2n) is 4.95. The molecule has 0 atom stereocenters. The highest BCUT2D eigenvalue weighted by atomic mass is 19.3. The van der Waals surface area contributed by atoms with Gasteiger partial charge in [-0.2, -0.15) is 8.78 Å². The summed E-state index contributed by atoms with van der Waals surface area (Å²) in [5, 5.41) is 2.77. The van der Waals surface area contributed by atoms with Crippen molar-refractivity contribution in [2.75, 3.05) is 25.1 Å². The molecule has 1 aromatic carbocycles. The summed E-state index contributed by atoms with van der Waals surface area (Å²) in [6, 6.07) is 5.78. The third-order valence-corrected chi connectivity index (χ3v) is 3.66. The normalized spacial score (nSPS) is 17.5. The van der Waals surface area contributed by atoms with Crippen LogP contribution in [0.3, 0.4) is 0 Å². The SMILES string of the molecule is NCC1(C(=O)Nc2ccc(OC(F)F)cc2)CCOCC1. The summed E-state index contributed by atoms with van der Waals surface area (Å²) in [6.07, 6.45) is 1.14. The van der Waals surface area contributed by atoms with Gasteiger partial charge in [0, 0.05) is 25.4 Å². The Balaban J connectivity index is 2.01. The van der Waals surface area contributed by atoms with Crippen molar-refractivity contribution in [3.8, 4) is 5.75 Å². The number of alkyl halides is 2. The maximum absolute atomic E-state index is 12.4. The van der Waals surface area contributed by atoms with E-state index in [9.17, 15) is 13.6 Å². The van der Waals surface area contributed by atoms with E-state index in [4.69, 9.17) is 10.5 Å². The molecule has 0 saturated carbocycles. The van der Waals surface area contributed by atoms with E-state index in [-0.39, 0.29) is 18.2 Å².